The minimum atomic E-state index is -0.576. The summed E-state index contributed by atoms with van der Waals surface area (Å²) in [5, 5.41) is 12.7. The van der Waals surface area contributed by atoms with Crippen LogP contribution in [0.1, 0.15) is 39.0 Å². The quantitative estimate of drug-likeness (QED) is 0.718. The summed E-state index contributed by atoms with van der Waals surface area (Å²) in [6.45, 7) is 1.33. The molecule has 1 aliphatic carbocycles. The second-order valence-corrected chi connectivity index (χ2v) is 4.86. The number of aliphatic hydroxyl groups is 1. The largest absolute Gasteiger partial charge is 0.507 e. The zero-order valence-electron chi connectivity index (χ0n) is 10.2. The summed E-state index contributed by atoms with van der Waals surface area (Å²) in [5.41, 5.74) is -0.519. The van der Waals surface area contributed by atoms with Gasteiger partial charge in [-0.25, -0.2) is 0 Å². The van der Waals surface area contributed by atoms with Crippen molar-refractivity contribution in [2.75, 3.05) is 7.05 Å². The van der Waals surface area contributed by atoms with Crippen LogP contribution in [0, 0.1) is 0 Å². The zero-order valence-corrected chi connectivity index (χ0v) is 10.2. The van der Waals surface area contributed by atoms with Crippen LogP contribution in [-0.4, -0.2) is 34.4 Å². The molecule has 1 spiro atoms. The van der Waals surface area contributed by atoms with Crippen molar-refractivity contribution in [3.8, 4) is 0 Å². The normalized spacial score (nSPS) is 23.4. The molecule has 5 nitrogen and oxygen atoms in total. The van der Waals surface area contributed by atoms with Gasteiger partial charge < -0.3 is 15.3 Å². The lowest BCUT2D eigenvalue weighted by atomic mass is 9.80. The Balaban J connectivity index is 2.37. The molecule has 0 radical (unpaired) electrons. The van der Waals surface area contributed by atoms with Crippen molar-refractivity contribution in [1.82, 2.24) is 10.2 Å². The highest BCUT2D eigenvalue weighted by Crippen LogP contribution is 2.43. The summed E-state index contributed by atoms with van der Waals surface area (Å²) in [5.74, 6) is -0.583. The summed E-state index contributed by atoms with van der Waals surface area (Å²) in [6, 6.07) is 0. The third-order valence-corrected chi connectivity index (χ3v) is 3.82. The average Bonchev–Trinajstić information content (AvgIpc) is 2.47. The van der Waals surface area contributed by atoms with Crippen LogP contribution in [0.2, 0.25) is 0 Å². The number of hydrogen-bond donors (Lipinski definition) is 2. The second kappa shape index (κ2) is 4.05. The van der Waals surface area contributed by atoms with Crippen LogP contribution in [0.5, 0.6) is 0 Å². The average molecular weight is 238 g/mol. The monoisotopic (exact) mass is 238 g/mol. The fraction of sp³-hybridized carbons (Fsp3) is 0.667. The molecular weight excluding hydrogens is 220 g/mol. The highest BCUT2D eigenvalue weighted by atomic mass is 16.3. The highest BCUT2D eigenvalue weighted by molar-refractivity contribution is 6.00. The fourth-order valence-electron chi connectivity index (χ4n) is 2.85. The predicted molar refractivity (Wildman–Crippen MR) is 62.1 cm³/mol. The smallest absolute Gasteiger partial charge is 0.274 e. The molecule has 0 atom stereocenters. The van der Waals surface area contributed by atoms with Gasteiger partial charge in [-0.15, -0.1) is 0 Å². The molecule has 0 aromatic carbocycles. The Hall–Kier alpha value is -1.52. The summed E-state index contributed by atoms with van der Waals surface area (Å²) < 4.78 is 0. The van der Waals surface area contributed by atoms with Gasteiger partial charge in [0.1, 0.15) is 17.0 Å². The van der Waals surface area contributed by atoms with Crippen LogP contribution in [0.15, 0.2) is 11.5 Å². The first-order valence-electron chi connectivity index (χ1n) is 5.98. The summed E-state index contributed by atoms with van der Waals surface area (Å²) in [7, 11) is 1.69. The number of hydrogen-bond acceptors (Lipinski definition) is 3. The Labute approximate surface area is 100 Å². The van der Waals surface area contributed by atoms with Crippen LogP contribution < -0.4 is 5.32 Å². The van der Waals surface area contributed by atoms with Crippen molar-refractivity contribution in [2.45, 2.75) is 44.6 Å². The van der Waals surface area contributed by atoms with Crippen molar-refractivity contribution >= 4 is 11.8 Å². The Bertz CT molecular complexity index is 395. The Morgan fingerprint density at radius 2 is 1.94 bits per heavy atom. The van der Waals surface area contributed by atoms with Crippen molar-refractivity contribution in [3.05, 3.63) is 11.5 Å². The van der Waals surface area contributed by atoms with E-state index in [9.17, 15) is 14.7 Å². The van der Waals surface area contributed by atoms with Crippen LogP contribution in [-0.2, 0) is 9.59 Å². The van der Waals surface area contributed by atoms with Gasteiger partial charge in [-0.1, -0.05) is 19.3 Å². The van der Waals surface area contributed by atoms with E-state index in [0.29, 0.717) is 0 Å². The van der Waals surface area contributed by atoms with E-state index >= 15 is 0 Å². The molecule has 94 valence electrons. The summed E-state index contributed by atoms with van der Waals surface area (Å²) >= 11 is 0. The lowest BCUT2D eigenvalue weighted by molar-refractivity contribution is -0.130. The molecule has 1 aliphatic heterocycles. The first-order valence-corrected chi connectivity index (χ1v) is 5.98. The number of carbonyl (C=O) groups excluding carboxylic acids is 2. The number of carbonyl (C=O) groups is 2. The molecule has 2 aliphatic rings. The van der Waals surface area contributed by atoms with Crippen LogP contribution in [0.4, 0.5) is 0 Å². The van der Waals surface area contributed by atoms with Gasteiger partial charge in [-0.2, -0.15) is 0 Å². The van der Waals surface area contributed by atoms with Crippen molar-refractivity contribution in [2.24, 2.45) is 0 Å². The third kappa shape index (κ3) is 1.69. The molecule has 2 N–H and O–H groups in total. The number of nitrogens with zero attached hydrogens (tertiary/aromatic N) is 1. The van der Waals surface area contributed by atoms with E-state index in [-0.39, 0.29) is 23.3 Å². The molecule has 0 bridgehead atoms. The van der Waals surface area contributed by atoms with E-state index in [2.05, 4.69) is 5.32 Å². The number of amides is 2. The molecule has 0 unspecified atom stereocenters. The number of aliphatic hydroxyl groups excluding tert-OH is 1. The van der Waals surface area contributed by atoms with Crippen molar-refractivity contribution < 1.29 is 14.7 Å². The third-order valence-electron chi connectivity index (χ3n) is 3.82. The Morgan fingerprint density at radius 3 is 2.47 bits per heavy atom. The van der Waals surface area contributed by atoms with Gasteiger partial charge in [-0.3, -0.25) is 9.59 Å². The van der Waals surface area contributed by atoms with Crippen molar-refractivity contribution in [3.63, 3.8) is 0 Å². The molecule has 1 saturated carbocycles. The van der Waals surface area contributed by atoms with Crippen molar-refractivity contribution in [1.29, 1.82) is 0 Å². The first kappa shape index (κ1) is 12.0. The Morgan fingerprint density at radius 1 is 1.35 bits per heavy atom. The molecular formula is C12H18N2O3. The maximum atomic E-state index is 12.0. The standard InChI is InChI=1S/C12H18N2O3/c1-8(15)13-9-10(16)12(14(2)11(9)17)6-4-3-5-7-12/h16H,3-7H2,1-2H3,(H,13,15). The summed E-state index contributed by atoms with van der Waals surface area (Å²) in [6.07, 6.45) is 4.66. The van der Waals surface area contributed by atoms with Gasteiger partial charge in [0.05, 0.1) is 0 Å². The van der Waals surface area contributed by atoms with Gasteiger partial charge in [-0.05, 0) is 12.8 Å². The van der Waals surface area contributed by atoms with Gasteiger partial charge in [0.25, 0.3) is 5.91 Å². The minimum absolute atomic E-state index is 0.0416. The van der Waals surface area contributed by atoms with Crippen LogP contribution in [0.25, 0.3) is 0 Å². The lowest BCUT2D eigenvalue weighted by Gasteiger charge is -2.39. The highest BCUT2D eigenvalue weighted by Gasteiger charge is 2.50. The van der Waals surface area contributed by atoms with Gasteiger partial charge in [0.15, 0.2) is 0 Å². The lowest BCUT2D eigenvalue weighted by Crippen LogP contribution is -2.47. The number of rotatable bonds is 1. The first-order chi connectivity index (χ1) is 7.99. The van der Waals surface area contributed by atoms with Crippen LogP contribution >= 0.6 is 0 Å². The molecule has 0 aromatic heterocycles. The predicted octanol–water partition coefficient (Wildman–Crippen LogP) is 1.07. The summed E-state index contributed by atoms with van der Waals surface area (Å²) in [4.78, 5) is 24.6. The van der Waals surface area contributed by atoms with E-state index in [1.165, 1.54) is 6.92 Å². The maximum absolute atomic E-state index is 12.0. The molecule has 2 rings (SSSR count). The molecule has 0 saturated heterocycles. The zero-order chi connectivity index (χ0) is 12.6. The molecule has 17 heavy (non-hydrogen) atoms. The van der Waals surface area contributed by atoms with E-state index in [0.717, 1.165) is 32.1 Å². The van der Waals surface area contributed by atoms with Gasteiger partial charge >= 0.3 is 0 Å². The van der Waals surface area contributed by atoms with E-state index in [1.807, 2.05) is 0 Å². The van der Waals surface area contributed by atoms with Gasteiger partial charge in [0.2, 0.25) is 5.91 Å². The number of nitrogens with one attached hydrogen (secondary N) is 1. The SMILES string of the molecule is CC(=O)NC1=C(O)C2(CCCCC2)N(C)C1=O. The van der Waals surface area contributed by atoms with Gasteiger partial charge in [0, 0.05) is 14.0 Å². The second-order valence-electron chi connectivity index (χ2n) is 4.86. The van der Waals surface area contributed by atoms with Crippen LogP contribution in [0.3, 0.4) is 0 Å². The molecule has 1 fully saturated rings. The number of likely N-dealkylation sites (N-methyl/N-ethyl adjacent to an activating group) is 1. The maximum Gasteiger partial charge on any atom is 0.274 e. The van der Waals surface area contributed by atoms with E-state index in [4.69, 9.17) is 0 Å². The topological polar surface area (TPSA) is 69.6 Å². The fourth-order valence-corrected chi connectivity index (χ4v) is 2.85. The van der Waals surface area contributed by atoms with E-state index in [1.54, 1.807) is 11.9 Å². The minimum Gasteiger partial charge on any atom is -0.507 e. The molecule has 1 heterocycles. The Kier molecular flexibility index (Phi) is 2.85. The molecule has 2 amide bonds. The van der Waals surface area contributed by atoms with E-state index < -0.39 is 5.54 Å². The molecule has 5 heteroatoms. The molecule has 0 aromatic rings.